The van der Waals surface area contributed by atoms with Crippen LogP contribution in [0.2, 0.25) is 0 Å². The van der Waals surface area contributed by atoms with Crippen molar-refractivity contribution in [2.45, 2.75) is 10.6 Å². The molecule has 0 aliphatic rings. The Balaban J connectivity index is 1.99. The molecular weight excluding hydrogens is 296 g/mol. The number of hydrogen-bond donors (Lipinski definition) is 1. The Hall–Kier alpha value is -1.00. The van der Waals surface area contributed by atoms with E-state index in [1.165, 1.54) is 4.90 Å². The van der Waals surface area contributed by atoms with Gasteiger partial charge in [-0.05, 0) is 36.4 Å². The van der Waals surface area contributed by atoms with Crippen LogP contribution >= 0.6 is 27.7 Å². The van der Waals surface area contributed by atoms with Crippen LogP contribution in [0.5, 0.6) is 0 Å². The van der Waals surface area contributed by atoms with Gasteiger partial charge in [0.2, 0.25) is 0 Å². The lowest BCUT2D eigenvalue weighted by molar-refractivity contribution is 1.17. The highest BCUT2D eigenvalue weighted by molar-refractivity contribution is 9.10. The summed E-state index contributed by atoms with van der Waals surface area (Å²) in [5.41, 5.74) is 2.19. The summed E-state index contributed by atoms with van der Waals surface area (Å²) in [6.45, 7) is 0. The van der Waals surface area contributed by atoms with Gasteiger partial charge < -0.3 is 5.32 Å². The number of benzene rings is 1. The van der Waals surface area contributed by atoms with Gasteiger partial charge in [0.1, 0.15) is 0 Å². The summed E-state index contributed by atoms with van der Waals surface area (Å²) in [5.74, 6) is 0.886. The second-order valence-corrected chi connectivity index (χ2v) is 5.49. The maximum atomic E-state index is 4.35. The molecule has 0 atom stereocenters. The number of thioether (sulfide) groups is 1. The smallest absolute Gasteiger partial charge is 0.0526 e. The number of pyridine rings is 1. The first kappa shape index (κ1) is 12.5. The van der Waals surface area contributed by atoms with E-state index in [2.05, 4.69) is 56.6 Å². The molecule has 2 nitrogen and oxygen atoms in total. The van der Waals surface area contributed by atoms with Crippen LogP contribution in [0.3, 0.4) is 0 Å². The molecule has 0 fully saturated rings. The Kier molecular flexibility index (Phi) is 4.45. The average Bonchev–Trinajstić information content (AvgIpc) is 2.38. The number of nitrogens with zero attached hydrogens (tertiary/aromatic N) is 1. The molecule has 4 heteroatoms. The predicted octanol–water partition coefficient (Wildman–Crippen LogP) is 4.18. The van der Waals surface area contributed by atoms with Crippen molar-refractivity contribution in [2.24, 2.45) is 0 Å². The lowest BCUT2D eigenvalue weighted by atomic mass is 10.3. The first-order chi connectivity index (χ1) is 8.28. The summed E-state index contributed by atoms with van der Waals surface area (Å²) in [4.78, 5) is 5.60. The van der Waals surface area contributed by atoms with Crippen LogP contribution in [0.4, 0.5) is 5.69 Å². The van der Waals surface area contributed by atoms with Gasteiger partial charge in [0.15, 0.2) is 0 Å². The van der Waals surface area contributed by atoms with Gasteiger partial charge in [0.25, 0.3) is 0 Å². The zero-order chi connectivity index (χ0) is 12.1. The van der Waals surface area contributed by atoms with Gasteiger partial charge in [-0.25, -0.2) is 0 Å². The van der Waals surface area contributed by atoms with Crippen LogP contribution in [-0.4, -0.2) is 12.0 Å². The summed E-state index contributed by atoms with van der Waals surface area (Å²) < 4.78 is 1.11. The van der Waals surface area contributed by atoms with E-state index in [0.29, 0.717) is 0 Å². The highest BCUT2D eigenvalue weighted by atomic mass is 79.9. The van der Waals surface area contributed by atoms with Gasteiger partial charge in [-0.15, -0.1) is 11.8 Å². The number of rotatable bonds is 4. The number of hydrogen-bond acceptors (Lipinski definition) is 3. The minimum absolute atomic E-state index is 0.886. The van der Waals surface area contributed by atoms with Gasteiger partial charge in [-0.3, -0.25) is 4.98 Å². The van der Waals surface area contributed by atoms with Crippen LogP contribution in [0.1, 0.15) is 5.69 Å². The van der Waals surface area contributed by atoms with E-state index >= 15 is 0 Å². The first-order valence-electron chi connectivity index (χ1n) is 5.29. The largest absolute Gasteiger partial charge is 0.388 e. The summed E-state index contributed by atoms with van der Waals surface area (Å²) >= 11 is 5.22. The predicted molar refractivity (Wildman–Crippen MR) is 77.5 cm³/mol. The fraction of sp³-hybridized carbons (Fsp3) is 0.154. The minimum atomic E-state index is 0.886. The number of halogens is 1. The van der Waals surface area contributed by atoms with Gasteiger partial charge in [-0.2, -0.15) is 0 Å². The van der Waals surface area contributed by atoms with E-state index in [9.17, 15) is 0 Å². The highest BCUT2D eigenvalue weighted by Crippen LogP contribution is 2.24. The Morgan fingerprint density at radius 2 is 2.00 bits per heavy atom. The Bertz CT molecular complexity index is 485. The Morgan fingerprint density at radius 3 is 2.71 bits per heavy atom. The van der Waals surface area contributed by atoms with Gasteiger partial charge in [0, 0.05) is 34.1 Å². The zero-order valence-corrected chi connectivity index (χ0v) is 11.9. The SMILES string of the molecule is CNc1ccnc(CSc2ccc(Br)cc2)c1. The zero-order valence-electron chi connectivity index (χ0n) is 9.48. The molecule has 17 heavy (non-hydrogen) atoms. The molecule has 0 radical (unpaired) electrons. The van der Waals surface area contributed by atoms with Crippen LogP contribution in [0.25, 0.3) is 0 Å². The molecule has 2 aromatic rings. The van der Waals surface area contributed by atoms with Crippen molar-refractivity contribution >= 4 is 33.4 Å². The van der Waals surface area contributed by atoms with E-state index in [-0.39, 0.29) is 0 Å². The van der Waals surface area contributed by atoms with Gasteiger partial charge in [0.05, 0.1) is 5.69 Å². The molecule has 0 amide bonds. The molecule has 0 saturated heterocycles. The summed E-state index contributed by atoms with van der Waals surface area (Å²) in [6.07, 6.45) is 1.84. The molecule has 0 aliphatic heterocycles. The topological polar surface area (TPSA) is 24.9 Å². The molecule has 1 heterocycles. The van der Waals surface area contributed by atoms with E-state index in [4.69, 9.17) is 0 Å². The fourth-order valence-electron chi connectivity index (χ4n) is 1.40. The maximum Gasteiger partial charge on any atom is 0.0526 e. The molecule has 1 N–H and O–H groups in total. The van der Waals surface area contributed by atoms with Crippen LogP contribution in [0, 0.1) is 0 Å². The van der Waals surface area contributed by atoms with E-state index < -0.39 is 0 Å². The molecule has 0 saturated carbocycles. The summed E-state index contributed by atoms with van der Waals surface area (Å²) in [5, 5.41) is 3.12. The molecule has 0 spiro atoms. The van der Waals surface area contributed by atoms with Gasteiger partial charge in [-0.1, -0.05) is 15.9 Å². The molecule has 2 rings (SSSR count). The Labute approximate surface area is 114 Å². The number of anilines is 1. The first-order valence-corrected chi connectivity index (χ1v) is 7.07. The third-order valence-electron chi connectivity index (χ3n) is 2.31. The standard InChI is InChI=1S/C13H13BrN2S/c1-15-11-6-7-16-12(8-11)9-17-13-4-2-10(14)3-5-13/h2-8H,9H2,1H3,(H,15,16). The van der Waals surface area contributed by atoms with Crippen molar-refractivity contribution in [3.63, 3.8) is 0 Å². The second-order valence-electron chi connectivity index (χ2n) is 3.53. The van der Waals surface area contributed by atoms with Crippen molar-refractivity contribution in [1.29, 1.82) is 0 Å². The minimum Gasteiger partial charge on any atom is -0.388 e. The molecule has 0 bridgehead atoms. The van der Waals surface area contributed by atoms with Crippen LogP contribution < -0.4 is 5.32 Å². The third kappa shape index (κ3) is 3.75. The molecule has 1 aromatic carbocycles. The van der Waals surface area contributed by atoms with Crippen LogP contribution in [-0.2, 0) is 5.75 Å². The van der Waals surface area contributed by atoms with E-state index in [1.807, 2.05) is 19.3 Å². The summed E-state index contributed by atoms with van der Waals surface area (Å²) in [6, 6.07) is 12.4. The van der Waals surface area contributed by atoms with Crippen molar-refractivity contribution in [3.05, 3.63) is 52.8 Å². The van der Waals surface area contributed by atoms with Crippen LogP contribution in [0.15, 0.2) is 52.0 Å². The lowest BCUT2D eigenvalue weighted by Gasteiger charge is -2.04. The third-order valence-corrected chi connectivity index (χ3v) is 3.88. The summed E-state index contributed by atoms with van der Waals surface area (Å²) in [7, 11) is 1.92. The lowest BCUT2D eigenvalue weighted by Crippen LogP contribution is -1.92. The molecule has 0 unspecified atom stereocenters. The molecule has 0 aliphatic carbocycles. The monoisotopic (exact) mass is 308 g/mol. The normalized spacial score (nSPS) is 10.2. The molecule has 88 valence electrons. The number of aromatic nitrogens is 1. The molecule has 1 aromatic heterocycles. The van der Waals surface area contributed by atoms with E-state index in [1.54, 1.807) is 11.8 Å². The average molecular weight is 309 g/mol. The van der Waals surface area contributed by atoms with Crippen molar-refractivity contribution in [3.8, 4) is 0 Å². The maximum absolute atomic E-state index is 4.35. The van der Waals surface area contributed by atoms with Crippen molar-refractivity contribution < 1.29 is 0 Å². The Morgan fingerprint density at radius 1 is 1.24 bits per heavy atom. The number of nitrogens with one attached hydrogen (secondary N) is 1. The van der Waals surface area contributed by atoms with E-state index in [0.717, 1.165) is 21.6 Å². The van der Waals surface area contributed by atoms with Crippen molar-refractivity contribution in [2.75, 3.05) is 12.4 Å². The highest BCUT2D eigenvalue weighted by Gasteiger charge is 1.99. The molecular formula is C13H13BrN2S. The van der Waals surface area contributed by atoms with Crippen molar-refractivity contribution in [1.82, 2.24) is 4.98 Å². The fourth-order valence-corrected chi connectivity index (χ4v) is 2.47. The second kappa shape index (κ2) is 6.07. The quantitative estimate of drug-likeness (QED) is 0.858. The van der Waals surface area contributed by atoms with Gasteiger partial charge >= 0.3 is 0 Å².